The Morgan fingerprint density at radius 3 is 2.67 bits per heavy atom. The number of hydrogen-bond acceptors (Lipinski definition) is 6. The summed E-state index contributed by atoms with van der Waals surface area (Å²) >= 11 is 0. The smallest absolute Gasteiger partial charge is 0.351 e. The van der Waals surface area contributed by atoms with E-state index < -0.39 is 36.7 Å². The maximum atomic E-state index is 14.3. The van der Waals surface area contributed by atoms with Gasteiger partial charge in [0.25, 0.3) is 0 Å². The van der Waals surface area contributed by atoms with E-state index in [2.05, 4.69) is 28.3 Å². The maximum Gasteiger partial charge on any atom is 0.351 e. The van der Waals surface area contributed by atoms with Crippen LogP contribution in [-0.2, 0) is 9.26 Å². The summed E-state index contributed by atoms with van der Waals surface area (Å²) in [5, 5.41) is 9.09. The molecule has 6 atom stereocenters. The van der Waals surface area contributed by atoms with Gasteiger partial charge in [0.05, 0.1) is 6.61 Å². The zero-order chi connectivity index (χ0) is 15.8. The number of alkyl halides is 2. The number of aliphatic hydroxyl groups is 1. The van der Waals surface area contributed by atoms with Gasteiger partial charge in [0.2, 0.25) is 6.23 Å². The molecule has 1 fully saturated rings. The highest BCUT2D eigenvalue weighted by molar-refractivity contribution is 7.39. The zero-order valence-corrected chi connectivity index (χ0v) is 14.1. The summed E-state index contributed by atoms with van der Waals surface area (Å²) in [5.41, 5.74) is -0.895. The molecule has 1 aromatic rings. The molecule has 0 aromatic carbocycles. The number of ether oxygens (including phenoxy) is 1. The van der Waals surface area contributed by atoms with Crippen LogP contribution < -0.4 is 10.1 Å². The molecule has 0 bridgehead atoms. The Labute approximate surface area is 125 Å². The van der Waals surface area contributed by atoms with E-state index in [9.17, 15) is 13.6 Å². The van der Waals surface area contributed by atoms with Crippen LogP contribution >= 0.6 is 28.2 Å². The Morgan fingerprint density at radius 2 is 2.24 bits per heavy atom. The van der Waals surface area contributed by atoms with Gasteiger partial charge in [0.1, 0.15) is 11.9 Å². The minimum Gasteiger partial charge on any atom is -0.394 e. The average molecular weight is 359 g/mol. The molecule has 6 unspecified atom stereocenters. The van der Waals surface area contributed by atoms with Gasteiger partial charge in [-0.25, -0.2) is 4.79 Å². The fourth-order valence-corrected chi connectivity index (χ4v) is 2.65. The van der Waals surface area contributed by atoms with Crippen LogP contribution in [0.5, 0.6) is 0 Å². The second kappa shape index (κ2) is 6.45. The molecule has 118 valence electrons. The fraction of sp³-hybridized carbons (Fsp3) is 0.556. The lowest BCUT2D eigenvalue weighted by Gasteiger charge is -2.23. The SMILES string of the molecule is O=c1nc(N(P)P)ccn1C1OC(CO)C(OP)C1(F)F. The Morgan fingerprint density at radius 1 is 1.57 bits per heavy atom. The lowest BCUT2D eigenvalue weighted by molar-refractivity contribution is -0.135. The lowest BCUT2D eigenvalue weighted by atomic mass is 10.1. The van der Waals surface area contributed by atoms with Crippen LogP contribution in [0.3, 0.4) is 0 Å². The van der Waals surface area contributed by atoms with E-state index in [1.807, 2.05) is 0 Å². The predicted octanol–water partition coefficient (Wildman–Crippen LogP) is 0.330. The average Bonchev–Trinajstić information content (AvgIpc) is 2.68. The summed E-state index contributed by atoms with van der Waals surface area (Å²) < 4.78 is 40.3. The van der Waals surface area contributed by atoms with Crippen LogP contribution in [0.4, 0.5) is 14.6 Å². The van der Waals surface area contributed by atoms with Crippen molar-refractivity contribution in [3.63, 3.8) is 0 Å². The van der Waals surface area contributed by atoms with Crippen molar-refractivity contribution < 1.29 is 23.1 Å². The van der Waals surface area contributed by atoms with Gasteiger partial charge in [-0.05, 0) is 24.8 Å². The van der Waals surface area contributed by atoms with E-state index >= 15 is 0 Å². The Bertz CT molecular complexity index is 573. The van der Waals surface area contributed by atoms with Gasteiger partial charge in [0.15, 0.2) is 6.10 Å². The van der Waals surface area contributed by atoms with E-state index in [1.54, 1.807) is 9.47 Å². The topological polar surface area (TPSA) is 76.8 Å². The molecule has 0 aliphatic carbocycles. The molecule has 0 spiro atoms. The van der Waals surface area contributed by atoms with Crippen LogP contribution in [0.25, 0.3) is 0 Å². The molecule has 21 heavy (non-hydrogen) atoms. The Balaban J connectivity index is 2.40. The van der Waals surface area contributed by atoms with Crippen LogP contribution in [-0.4, -0.2) is 39.4 Å². The van der Waals surface area contributed by atoms with Crippen LogP contribution in [0.15, 0.2) is 17.1 Å². The minimum atomic E-state index is -3.50. The van der Waals surface area contributed by atoms with E-state index in [0.29, 0.717) is 4.57 Å². The molecule has 0 amide bonds. The van der Waals surface area contributed by atoms with Crippen molar-refractivity contribution in [1.29, 1.82) is 0 Å². The van der Waals surface area contributed by atoms with E-state index in [4.69, 9.17) is 9.84 Å². The zero-order valence-electron chi connectivity index (χ0n) is 10.6. The molecule has 1 saturated heterocycles. The highest BCUT2D eigenvalue weighted by Crippen LogP contribution is 2.44. The van der Waals surface area contributed by atoms with Gasteiger partial charge in [-0.15, -0.1) is 0 Å². The first-order valence-electron chi connectivity index (χ1n) is 5.71. The minimum absolute atomic E-state index is 0.269. The summed E-state index contributed by atoms with van der Waals surface area (Å²) in [6, 6.07) is 1.38. The van der Waals surface area contributed by atoms with Crippen molar-refractivity contribution in [2.75, 3.05) is 11.0 Å². The summed E-state index contributed by atoms with van der Waals surface area (Å²) in [6.07, 6.45) is -3.65. The molecule has 1 aliphatic heterocycles. The molecule has 1 N–H and O–H groups in total. The number of aliphatic hydroxyl groups excluding tert-OH is 1. The second-order valence-electron chi connectivity index (χ2n) is 4.32. The largest absolute Gasteiger partial charge is 0.394 e. The summed E-state index contributed by atoms with van der Waals surface area (Å²) in [6.45, 7) is -0.656. The standard InChI is InChI=1S/C9H14F2N3O4P3/c10-9(11)6(18-21)4(3-15)17-7(9)13-2-1-5(14(19)20)12-8(13)16/h1-2,4,6-7,15H,3,19-21H2. The summed E-state index contributed by atoms with van der Waals surface area (Å²) in [7, 11) is 6.24. The number of nitrogens with zero attached hydrogens (tertiary/aromatic N) is 3. The Hall–Kier alpha value is -0.290. The first-order valence-corrected chi connectivity index (χ1v) is 7.21. The van der Waals surface area contributed by atoms with Gasteiger partial charge >= 0.3 is 11.6 Å². The van der Waals surface area contributed by atoms with E-state index in [-0.39, 0.29) is 5.82 Å². The molecule has 0 saturated carbocycles. The quantitative estimate of drug-likeness (QED) is 0.781. The van der Waals surface area contributed by atoms with Crippen molar-refractivity contribution in [2.45, 2.75) is 24.4 Å². The van der Waals surface area contributed by atoms with Crippen LogP contribution in [0.1, 0.15) is 6.23 Å². The Kier molecular flexibility index (Phi) is 5.24. The van der Waals surface area contributed by atoms with Gasteiger partial charge in [-0.1, -0.05) is 0 Å². The molecule has 1 aromatic heterocycles. The molecule has 7 nitrogen and oxygen atoms in total. The molecule has 0 radical (unpaired) electrons. The third-order valence-electron chi connectivity index (χ3n) is 3.01. The number of rotatable bonds is 4. The molecule has 2 rings (SSSR count). The van der Waals surface area contributed by atoms with Gasteiger partial charge in [-0.3, -0.25) is 4.57 Å². The highest BCUT2D eigenvalue weighted by Gasteiger charge is 2.60. The van der Waals surface area contributed by atoms with E-state index in [0.717, 1.165) is 6.20 Å². The van der Waals surface area contributed by atoms with Crippen molar-refractivity contribution in [1.82, 2.24) is 9.55 Å². The molecule has 1 aliphatic rings. The second-order valence-corrected chi connectivity index (χ2v) is 6.30. The van der Waals surface area contributed by atoms with Crippen molar-refractivity contribution in [3.8, 4) is 0 Å². The summed E-state index contributed by atoms with van der Waals surface area (Å²) in [4.78, 5) is 15.5. The first kappa shape index (κ1) is 17.1. The molecule has 12 heteroatoms. The van der Waals surface area contributed by atoms with Crippen molar-refractivity contribution in [3.05, 3.63) is 22.7 Å². The van der Waals surface area contributed by atoms with Gasteiger partial charge in [-0.2, -0.15) is 13.8 Å². The maximum absolute atomic E-state index is 14.3. The lowest BCUT2D eigenvalue weighted by Crippen LogP contribution is -2.42. The number of anilines is 1. The fourth-order valence-electron chi connectivity index (χ4n) is 2.01. The van der Waals surface area contributed by atoms with Crippen molar-refractivity contribution in [2.24, 2.45) is 0 Å². The molecular formula is C9H14F2N3O4P3. The third-order valence-corrected chi connectivity index (χ3v) is 3.83. The van der Waals surface area contributed by atoms with Crippen LogP contribution in [0.2, 0.25) is 0 Å². The van der Waals surface area contributed by atoms with Gasteiger partial charge < -0.3 is 18.8 Å². The summed E-state index contributed by atoms with van der Waals surface area (Å²) in [5.74, 6) is -3.23. The molecule has 2 heterocycles. The highest BCUT2D eigenvalue weighted by atomic mass is 31.1. The van der Waals surface area contributed by atoms with E-state index in [1.165, 1.54) is 10.5 Å². The first-order chi connectivity index (χ1) is 9.82. The number of halogens is 2. The van der Waals surface area contributed by atoms with Crippen LogP contribution in [0, 0.1) is 0 Å². The predicted molar refractivity (Wildman–Crippen MR) is 80.9 cm³/mol. The third kappa shape index (κ3) is 3.09. The molecular weight excluding hydrogens is 345 g/mol. The number of aromatic nitrogens is 2. The normalized spacial score (nSPS) is 27.8. The number of hydrogen-bond donors (Lipinski definition) is 1. The van der Waals surface area contributed by atoms with Crippen molar-refractivity contribution >= 4 is 34.1 Å². The monoisotopic (exact) mass is 359 g/mol. The van der Waals surface area contributed by atoms with Gasteiger partial charge in [0, 0.05) is 15.7 Å².